The van der Waals surface area contributed by atoms with E-state index in [1.165, 1.54) is 16.8 Å². The Kier molecular flexibility index (Phi) is 8.01. The fraction of sp³-hybridized carbons (Fsp3) is 0.474. The van der Waals surface area contributed by atoms with Crippen LogP contribution in [-0.2, 0) is 0 Å². The van der Waals surface area contributed by atoms with Crippen LogP contribution in [0.15, 0.2) is 42.6 Å². The number of hydrogen-bond donors (Lipinski definition) is 0. The average Bonchev–Trinajstić information content (AvgIpc) is 2.51. The van der Waals surface area contributed by atoms with Gasteiger partial charge in [-0.25, -0.2) is 0 Å². The van der Waals surface area contributed by atoms with Crippen molar-refractivity contribution in [3.8, 4) is 0 Å². The van der Waals surface area contributed by atoms with Crippen molar-refractivity contribution in [1.82, 2.24) is 0 Å². The van der Waals surface area contributed by atoms with E-state index in [9.17, 15) is 4.39 Å². The van der Waals surface area contributed by atoms with Gasteiger partial charge in [0.05, 0.1) is 12.7 Å². The predicted molar refractivity (Wildman–Crippen MR) is 94.5 cm³/mol. The molecule has 1 aliphatic rings. The maximum absolute atomic E-state index is 9.50. The summed E-state index contributed by atoms with van der Waals surface area (Å²) >= 11 is 0. The highest BCUT2D eigenvalue weighted by Crippen LogP contribution is 2.41. The zero-order chi connectivity index (χ0) is 16.6. The van der Waals surface area contributed by atoms with Crippen molar-refractivity contribution in [2.45, 2.75) is 53.5 Å². The lowest BCUT2D eigenvalue weighted by atomic mass is 9.85. The SMILES string of the molecule is C=C(C)N1c2ccccc2C(C)=CC1(C)CC.CC.CF. The fourth-order valence-electron chi connectivity index (χ4n) is 2.79. The van der Waals surface area contributed by atoms with Gasteiger partial charge in [0.2, 0.25) is 0 Å². The van der Waals surface area contributed by atoms with Crippen LogP contribution in [0, 0.1) is 0 Å². The summed E-state index contributed by atoms with van der Waals surface area (Å²) in [6, 6.07) is 8.58. The molecule has 118 valence electrons. The number of benzene rings is 1. The maximum atomic E-state index is 9.50. The molecule has 0 aliphatic carbocycles. The quantitative estimate of drug-likeness (QED) is 0.625. The molecule has 0 spiro atoms. The van der Waals surface area contributed by atoms with Gasteiger partial charge < -0.3 is 4.90 Å². The van der Waals surface area contributed by atoms with E-state index < -0.39 is 0 Å². The van der Waals surface area contributed by atoms with Crippen LogP contribution >= 0.6 is 0 Å². The molecule has 0 aromatic heterocycles. The summed E-state index contributed by atoms with van der Waals surface area (Å²) in [5.74, 6) is 0. The fourth-order valence-corrected chi connectivity index (χ4v) is 2.79. The van der Waals surface area contributed by atoms with Gasteiger partial charge in [-0.15, -0.1) is 0 Å². The molecule has 2 heteroatoms. The lowest BCUT2D eigenvalue weighted by Gasteiger charge is -2.45. The molecule has 1 heterocycles. The summed E-state index contributed by atoms with van der Waals surface area (Å²) in [5.41, 5.74) is 5.11. The number of allylic oxidation sites excluding steroid dienone is 2. The zero-order valence-corrected chi connectivity index (χ0v) is 14.6. The van der Waals surface area contributed by atoms with Crippen molar-refractivity contribution >= 4 is 11.3 Å². The lowest BCUT2D eigenvalue weighted by Crippen LogP contribution is -2.45. The van der Waals surface area contributed by atoms with Crippen molar-refractivity contribution in [2.75, 3.05) is 12.1 Å². The molecule has 1 unspecified atom stereocenters. The molecule has 1 aromatic rings. The van der Waals surface area contributed by atoms with E-state index in [0.717, 1.165) is 12.1 Å². The highest BCUT2D eigenvalue weighted by molar-refractivity contribution is 5.82. The first kappa shape index (κ1) is 19.4. The van der Waals surface area contributed by atoms with Crippen LogP contribution in [0.5, 0.6) is 0 Å². The van der Waals surface area contributed by atoms with Crippen LogP contribution < -0.4 is 4.90 Å². The van der Waals surface area contributed by atoms with Gasteiger partial charge in [0.25, 0.3) is 0 Å². The summed E-state index contributed by atoms with van der Waals surface area (Å²) < 4.78 is 9.50. The minimum absolute atomic E-state index is 0.0459. The third-order valence-electron chi connectivity index (χ3n) is 3.71. The van der Waals surface area contributed by atoms with Crippen molar-refractivity contribution in [2.24, 2.45) is 0 Å². The van der Waals surface area contributed by atoms with Crippen molar-refractivity contribution < 1.29 is 4.39 Å². The molecule has 1 nitrogen and oxygen atoms in total. The maximum Gasteiger partial charge on any atom is 0.0785 e. The number of anilines is 1. The average molecular weight is 291 g/mol. The summed E-state index contributed by atoms with van der Waals surface area (Å²) in [6.07, 6.45) is 3.44. The van der Waals surface area contributed by atoms with Crippen molar-refractivity contribution in [1.29, 1.82) is 0 Å². The van der Waals surface area contributed by atoms with E-state index >= 15 is 0 Å². The van der Waals surface area contributed by atoms with E-state index in [1.807, 2.05) is 13.8 Å². The second-order valence-electron chi connectivity index (χ2n) is 5.13. The molecule has 0 N–H and O–H groups in total. The molecule has 21 heavy (non-hydrogen) atoms. The molecule has 0 saturated heterocycles. The summed E-state index contributed by atoms with van der Waals surface area (Å²) in [6.45, 7) is 16.9. The molecule has 1 aromatic carbocycles. The number of alkyl halides is 1. The van der Waals surface area contributed by atoms with Gasteiger partial charge in [-0.05, 0) is 38.8 Å². The molecular weight excluding hydrogens is 261 g/mol. The number of fused-ring (bicyclic) bond motifs is 1. The molecule has 0 amide bonds. The van der Waals surface area contributed by atoms with Gasteiger partial charge in [-0.3, -0.25) is 4.39 Å². The molecule has 1 atom stereocenters. The Hall–Kier alpha value is -1.57. The summed E-state index contributed by atoms with van der Waals surface area (Å²) in [5, 5.41) is 0. The Morgan fingerprint density at radius 1 is 1.24 bits per heavy atom. The standard InChI is InChI=1S/C16H21N.C2H6.CH3F/c1-6-16(5)11-13(4)14-9-7-8-10-15(14)17(16)12(2)3;2*1-2/h7-11H,2,6H2,1,3-5H3;1-2H3;1H3. The third kappa shape index (κ3) is 3.96. The number of rotatable bonds is 2. The summed E-state index contributed by atoms with van der Waals surface area (Å²) in [7, 11) is 0.500. The van der Waals surface area contributed by atoms with E-state index in [-0.39, 0.29) is 5.54 Å². The van der Waals surface area contributed by atoms with Crippen LogP contribution in [0.2, 0.25) is 0 Å². The van der Waals surface area contributed by atoms with E-state index in [4.69, 9.17) is 0 Å². The Balaban J connectivity index is 0.000000921. The van der Waals surface area contributed by atoms with E-state index in [0.29, 0.717) is 7.18 Å². The monoisotopic (exact) mass is 291 g/mol. The van der Waals surface area contributed by atoms with Gasteiger partial charge in [-0.2, -0.15) is 0 Å². The largest absolute Gasteiger partial charge is 0.336 e. The number of nitrogens with zero attached hydrogens (tertiary/aromatic N) is 1. The minimum atomic E-state index is 0.0459. The molecule has 0 bridgehead atoms. The Labute approximate surface area is 130 Å². The zero-order valence-electron chi connectivity index (χ0n) is 14.6. The van der Waals surface area contributed by atoms with E-state index in [1.54, 1.807) is 0 Å². The first-order chi connectivity index (χ1) is 9.99. The lowest BCUT2D eigenvalue weighted by molar-refractivity contribution is 0.527. The second-order valence-corrected chi connectivity index (χ2v) is 5.13. The van der Waals surface area contributed by atoms with Gasteiger partial charge in [-0.1, -0.05) is 51.6 Å². The number of hydrogen-bond acceptors (Lipinski definition) is 1. The highest BCUT2D eigenvalue weighted by atomic mass is 19.1. The van der Waals surface area contributed by atoms with Crippen molar-refractivity contribution in [3.05, 3.63) is 48.2 Å². The highest BCUT2D eigenvalue weighted by Gasteiger charge is 2.33. The Morgan fingerprint density at radius 2 is 1.76 bits per heavy atom. The summed E-state index contributed by atoms with van der Waals surface area (Å²) in [4.78, 5) is 2.36. The third-order valence-corrected chi connectivity index (χ3v) is 3.71. The van der Waals surface area contributed by atoms with Crippen LogP contribution in [0.4, 0.5) is 10.1 Å². The topological polar surface area (TPSA) is 3.24 Å². The van der Waals surface area contributed by atoms with Crippen LogP contribution in [0.25, 0.3) is 5.57 Å². The molecule has 0 radical (unpaired) electrons. The normalized spacial score (nSPS) is 19.2. The van der Waals surface area contributed by atoms with E-state index in [2.05, 4.69) is 69.5 Å². The first-order valence-corrected chi connectivity index (χ1v) is 7.62. The van der Waals surface area contributed by atoms with Crippen molar-refractivity contribution in [3.63, 3.8) is 0 Å². The number of para-hydroxylation sites is 1. The smallest absolute Gasteiger partial charge is 0.0785 e. The van der Waals surface area contributed by atoms with Gasteiger partial charge in [0, 0.05) is 16.9 Å². The molecule has 0 fully saturated rings. The van der Waals surface area contributed by atoms with Crippen LogP contribution in [0.3, 0.4) is 0 Å². The van der Waals surface area contributed by atoms with Gasteiger partial charge in [0.1, 0.15) is 0 Å². The predicted octanol–water partition coefficient (Wildman–Crippen LogP) is 6.22. The van der Waals surface area contributed by atoms with Crippen LogP contribution in [0.1, 0.15) is 53.5 Å². The number of halogens is 1. The van der Waals surface area contributed by atoms with Gasteiger partial charge >= 0.3 is 0 Å². The molecule has 2 rings (SSSR count). The molecular formula is C19H30FN. The second kappa shape index (κ2) is 8.66. The minimum Gasteiger partial charge on any atom is -0.336 e. The molecule has 0 saturated carbocycles. The molecule has 1 aliphatic heterocycles. The van der Waals surface area contributed by atoms with Gasteiger partial charge in [0.15, 0.2) is 0 Å². The first-order valence-electron chi connectivity index (χ1n) is 7.62. The van der Waals surface area contributed by atoms with Crippen LogP contribution in [-0.4, -0.2) is 12.7 Å². The Bertz CT molecular complexity index is 490. The Morgan fingerprint density at radius 3 is 2.24 bits per heavy atom.